The summed E-state index contributed by atoms with van der Waals surface area (Å²) < 4.78 is 26.3. The van der Waals surface area contributed by atoms with E-state index in [-0.39, 0.29) is 16.9 Å². The monoisotopic (exact) mass is 254 g/mol. The average molecular weight is 254 g/mol. The molecule has 0 aromatic heterocycles. The van der Waals surface area contributed by atoms with Gasteiger partial charge in [0.2, 0.25) is 0 Å². The van der Waals surface area contributed by atoms with E-state index in [1.807, 2.05) is 0 Å². The second-order valence-corrected chi connectivity index (χ2v) is 6.24. The molecule has 1 saturated carbocycles. The highest BCUT2D eigenvalue weighted by atomic mass is 19.2. The summed E-state index contributed by atoms with van der Waals surface area (Å²) in [7, 11) is 0. The number of nitrogens with two attached hydrogens (primary N) is 1. The lowest BCUT2D eigenvalue weighted by molar-refractivity contribution is 0.413. The van der Waals surface area contributed by atoms with Gasteiger partial charge in [0.1, 0.15) is 0 Å². The molecule has 1 aliphatic carbocycles. The zero-order valence-electron chi connectivity index (χ0n) is 11.2. The molecule has 4 heteroatoms. The molecule has 3 N–H and O–H groups in total. The molecule has 0 amide bonds. The highest BCUT2D eigenvalue weighted by molar-refractivity contribution is 5.28. The predicted molar refractivity (Wildman–Crippen MR) is 67.5 cm³/mol. The molecule has 1 atom stereocenters. The second-order valence-electron chi connectivity index (χ2n) is 6.24. The van der Waals surface area contributed by atoms with Crippen LogP contribution in [-0.2, 0) is 0 Å². The van der Waals surface area contributed by atoms with E-state index in [0.717, 1.165) is 6.07 Å². The Morgan fingerprint density at radius 2 is 1.67 bits per heavy atom. The summed E-state index contributed by atoms with van der Waals surface area (Å²) in [6.07, 6.45) is 0. The summed E-state index contributed by atoms with van der Waals surface area (Å²) in [6.45, 7) is 8.67. The molecule has 0 heterocycles. The Bertz CT molecular complexity index is 455. The summed E-state index contributed by atoms with van der Waals surface area (Å²) in [4.78, 5) is 0. The van der Waals surface area contributed by atoms with Gasteiger partial charge in [0.05, 0.1) is 0 Å². The maximum absolute atomic E-state index is 13.3. The Hall–Kier alpha value is -1.00. The quantitative estimate of drug-likeness (QED) is 0.642. The van der Waals surface area contributed by atoms with Crippen LogP contribution in [0.2, 0.25) is 0 Å². The lowest BCUT2D eigenvalue weighted by atomic mass is 9.97. The van der Waals surface area contributed by atoms with Crippen LogP contribution in [0.15, 0.2) is 18.2 Å². The standard InChI is InChI=1S/C14H20F2N2/c1-13(2)12(14(13,3)4)11(18-17)8-5-6-9(15)10(16)7-8/h5-7,11-12,18H,17H2,1-4H3. The van der Waals surface area contributed by atoms with Gasteiger partial charge in [-0.05, 0) is 34.4 Å². The normalized spacial score (nSPS) is 22.8. The fraction of sp³-hybridized carbons (Fsp3) is 0.571. The lowest BCUT2D eigenvalue weighted by Crippen LogP contribution is -2.31. The van der Waals surface area contributed by atoms with Crippen molar-refractivity contribution in [3.63, 3.8) is 0 Å². The third-order valence-electron chi connectivity index (χ3n) is 4.95. The Kier molecular flexibility index (Phi) is 2.98. The average Bonchev–Trinajstić information content (AvgIpc) is 2.67. The van der Waals surface area contributed by atoms with Gasteiger partial charge in [-0.1, -0.05) is 33.8 Å². The minimum absolute atomic E-state index is 0.120. The molecule has 2 rings (SSSR count). The molecule has 100 valence electrons. The second kappa shape index (κ2) is 4.00. The first-order valence-electron chi connectivity index (χ1n) is 6.14. The molecule has 1 unspecified atom stereocenters. The van der Waals surface area contributed by atoms with Crippen LogP contribution in [0.4, 0.5) is 8.78 Å². The first kappa shape index (κ1) is 13.4. The van der Waals surface area contributed by atoms with Gasteiger partial charge >= 0.3 is 0 Å². The van der Waals surface area contributed by atoms with Gasteiger partial charge in [-0.3, -0.25) is 11.3 Å². The first-order valence-corrected chi connectivity index (χ1v) is 6.14. The number of benzene rings is 1. The van der Waals surface area contributed by atoms with Gasteiger partial charge in [-0.25, -0.2) is 8.78 Å². The van der Waals surface area contributed by atoms with Gasteiger partial charge in [-0.15, -0.1) is 0 Å². The minimum Gasteiger partial charge on any atom is -0.271 e. The Morgan fingerprint density at radius 3 is 2.06 bits per heavy atom. The Labute approximate surface area is 107 Å². The topological polar surface area (TPSA) is 38.0 Å². The zero-order valence-corrected chi connectivity index (χ0v) is 11.2. The van der Waals surface area contributed by atoms with Crippen LogP contribution in [0.25, 0.3) is 0 Å². The van der Waals surface area contributed by atoms with E-state index in [9.17, 15) is 8.78 Å². The van der Waals surface area contributed by atoms with Gasteiger partial charge in [0.15, 0.2) is 11.6 Å². The summed E-state index contributed by atoms with van der Waals surface area (Å²) in [6, 6.07) is 3.81. The molecule has 1 aromatic rings. The summed E-state index contributed by atoms with van der Waals surface area (Å²) in [5.74, 6) is 4.24. The van der Waals surface area contributed by atoms with Crippen LogP contribution < -0.4 is 11.3 Å². The summed E-state index contributed by atoms with van der Waals surface area (Å²) in [5, 5.41) is 0. The fourth-order valence-corrected chi connectivity index (χ4v) is 3.17. The molecular formula is C14H20F2N2. The molecular weight excluding hydrogens is 234 g/mol. The number of hydrazine groups is 1. The third kappa shape index (κ3) is 1.75. The molecule has 2 nitrogen and oxygen atoms in total. The van der Waals surface area contributed by atoms with Gasteiger partial charge in [0.25, 0.3) is 0 Å². The maximum atomic E-state index is 13.3. The van der Waals surface area contributed by atoms with Crippen molar-refractivity contribution in [3.8, 4) is 0 Å². The molecule has 1 aliphatic rings. The van der Waals surface area contributed by atoms with E-state index in [1.54, 1.807) is 6.07 Å². The van der Waals surface area contributed by atoms with Crippen LogP contribution in [-0.4, -0.2) is 0 Å². The predicted octanol–water partition coefficient (Wildman–Crippen LogP) is 3.15. The van der Waals surface area contributed by atoms with E-state index in [1.165, 1.54) is 6.07 Å². The Morgan fingerprint density at radius 1 is 1.11 bits per heavy atom. The number of hydrogen-bond acceptors (Lipinski definition) is 2. The van der Waals surface area contributed by atoms with Crippen molar-refractivity contribution in [2.45, 2.75) is 33.7 Å². The molecule has 18 heavy (non-hydrogen) atoms. The van der Waals surface area contributed by atoms with Gasteiger partial charge in [0, 0.05) is 6.04 Å². The van der Waals surface area contributed by atoms with Gasteiger partial charge < -0.3 is 0 Å². The summed E-state index contributed by atoms with van der Waals surface area (Å²) >= 11 is 0. The summed E-state index contributed by atoms with van der Waals surface area (Å²) in [5.41, 5.74) is 3.68. The van der Waals surface area contributed by atoms with Crippen molar-refractivity contribution < 1.29 is 8.78 Å². The number of nitrogens with one attached hydrogen (secondary N) is 1. The fourth-order valence-electron chi connectivity index (χ4n) is 3.17. The first-order chi connectivity index (χ1) is 8.23. The minimum atomic E-state index is -0.830. The SMILES string of the molecule is CC1(C)C(C(NN)c2ccc(F)c(F)c2)C1(C)C. The number of hydrogen-bond donors (Lipinski definition) is 2. The van der Waals surface area contributed by atoms with Crippen molar-refractivity contribution in [2.75, 3.05) is 0 Å². The van der Waals surface area contributed by atoms with Crippen molar-refractivity contribution in [3.05, 3.63) is 35.4 Å². The Balaban J connectivity index is 2.33. The number of rotatable bonds is 3. The molecule has 0 radical (unpaired) electrons. The lowest BCUT2D eigenvalue weighted by Gasteiger charge is -2.19. The van der Waals surface area contributed by atoms with Crippen LogP contribution >= 0.6 is 0 Å². The van der Waals surface area contributed by atoms with Crippen LogP contribution in [0.3, 0.4) is 0 Å². The highest BCUT2D eigenvalue weighted by Gasteiger charge is 2.67. The van der Waals surface area contributed by atoms with E-state index in [4.69, 9.17) is 5.84 Å². The zero-order chi connectivity index (χ0) is 13.7. The number of halogens is 2. The van der Waals surface area contributed by atoms with Crippen molar-refractivity contribution in [1.82, 2.24) is 5.43 Å². The smallest absolute Gasteiger partial charge is 0.159 e. The highest BCUT2D eigenvalue weighted by Crippen LogP contribution is 2.72. The largest absolute Gasteiger partial charge is 0.271 e. The van der Waals surface area contributed by atoms with E-state index in [2.05, 4.69) is 33.1 Å². The molecule has 1 fully saturated rings. The molecule has 1 aromatic carbocycles. The van der Waals surface area contributed by atoms with Crippen LogP contribution in [0.1, 0.15) is 39.3 Å². The van der Waals surface area contributed by atoms with Gasteiger partial charge in [-0.2, -0.15) is 0 Å². The third-order valence-corrected chi connectivity index (χ3v) is 4.95. The molecule has 0 aliphatic heterocycles. The maximum Gasteiger partial charge on any atom is 0.159 e. The van der Waals surface area contributed by atoms with E-state index < -0.39 is 11.6 Å². The molecule has 0 bridgehead atoms. The van der Waals surface area contributed by atoms with Crippen molar-refractivity contribution >= 4 is 0 Å². The molecule has 0 saturated heterocycles. The molecule has 0 spiro atoms. The van der Waals surface area contributed by atoms with E-state index in [0.29, 0.717) is 11.5 Å². The van der Waals surface area contributed by atoms with Crippen LogP contribution in [0.5, 0.6) is 0 Å². The van der Waals surface area contributed by atoms with Crippen LogP contribution in [0, 0.1) is 28.4 Å². The van der Waals surface area contributed by atoms with Crippen molar-refractivity contribution in [1.29, 1.82) is 0 Å². The van der Waals surface area contributed by atoms with Crippen molar-refractivity contribution in [2.24, 2.45) is 22.6 Å². The van der Waals surface area contributed by atoms with E-state index >= 15 is 0 Å².